The SMILES string of the molecule is COCOCc1ccc(-c2ccc(-c3nnc(-c4ccc(C(=O)NC5C[C@@H](O)CNC(=O)[C@@H]6[C@@H](O)[C@@H](C)CN6C(=O)[C@H]([C@H](O)CCN)NC(=O)[C@H]([C@H](O)Cc6ccc(O)c(OCCN)c6)NC(=O)[C@@H]6C[C@@H](O)CN6C(=O)[C@H]([C@@H](C)O)NC5=O)cc4)s3)cc2)cc1. The van der Waals surface area contributed by atoms with Crippen LogP contribution in [0.5, 0.6) is 11.5 Å². The fourth-order valence-electron chi connectivity index (χ4n) is 10.9. The molecule has 13 atom stereocenters. The minimum absolute atomic E-state index is 0.00750. The summed E-state index contributed by atoms with van der Waals surface area (Å²) in [6.07, 6.45) is -11.9. The molecule has 5 aromatic rings. The van der Waals surface area contributed by atoms with E-state index in [1.165, 1.54) is 48.6 Å². The number of aliphatic hydroxyl groups excluding tert-OH is 6. The van der Waals surface area contributed by atoms with Crippen LogP contribution in [0.15, 0.2) is 91.0 Å². The summed E-state index contributed by atoms with van der Waals surface area (Å²) >= 11 is 1.31. The fraction of sp³-hybridized carbons (Fsp3) is 0.459. The molecule has 0 spiro atoms. The quantitative estimate of drug-likeness (QED) is 0.0314. The molecule has 3 saturated heterocycles. The van der Waals surface area contributed by atoms with Gasteiger partial charge in [-0.3, -0.25) is 33.6 Å². The highest BCUT2D eigenvalue weighted by molar-refractivity contribution is 7.17. The van der Waals surface area contributed by atoms with Gasteiger partial charge in [-0.2, -0.15) is 0 Å². The van der Waals surface area contributed by atoms with E-state index in [2.05, 4.69) is 36.8 Å². The number of nitrogens with two attached hydrogens (primary N) is 2. The molecule has 7 amide bonds. The highest BCUT2D eigenvalue weighted by atomic mass is 32.1. The van der Waals surface area contributed by atoms with Gasteiger partial charge in [-0.15, -0.1) is 10.2 Å². The Morgan fingerprint density at radius 1 is 0.711 bits per heavy atom. The van der Waals surface area contributed by atoms with Gasteiger partial charge >= 0.3 is 0 Å². The van der Waals surface area contributed by atoms with Gasteiger partial charge in [0.2, 0.25) is 35.4 Å². The number of amides is 7. The van der Waals surface area contributed by atoms with Crippen LogP contribution in [0.25, 0.3) is 32.3 Å². The second kappa shape index (κ2) is 31.1. The summed E-state index contributed by atoms with van der Waals surface area (Å²) < 4.78 is 15.9. The first-order chi connectivity index (χ1) is 43.1. The van der Waals surface area contributed by atoms with Crippen molar-refractivity contribution < 1.29 is 83.5 Å². The van der Waals surface area contributed by atoms with E-state index in [0.717, 1.165) is 39.0 Å². The van der Waals surface area contributed by atoms with Gasteiger partial charge in [-0.05, 0) is 66.4 Å². The molecule has 0 saturated carbocycles. The zero-order valence-electron chi connectivity index (χ0n) is 49.7. The Morgan fingerprint density at radius 3 is 1.94 bits per heavy atom. The van der Waals surface area contributed by atoms with E-state index in [4.69, 9.17) is 25.7 Å². The number of aliphatic hydroxyl groups is 6. The number of aromatic hydroxyl groups is 1. The number of ether oxygens (including phenoxy) is 3. The summed E-state index contributed by atoms with van der Waals surface area (Å²) in [5, 5.41) is 101. The van der Waals surface area contributed by atoms with Crippen LogP contribution in [0, 0.1) is 5.92 Å². The van der Waals surface area contributed by atoms with E-state index in [1.54, 1.807) is 19.2 Å². The van der Waals surface area contributed by atoms with Crippen LogP contribution in [0.4, 0.5) is 0 Å². The number of nitrogens with zero attached hydrogens (tertiary/aromatic N) is 4. The van der Waals surface area contributed by atoms with E-state index in [0.29, 0.717) is 22.2 Å². The van der Waals surface area contributed by atoms with Gasteiger partial charge < -0.3 is 97.8 Å². The number of β-amino-alcohol motifs (C(OH)–C–C–N with tert-alkyl or cyclic N) is 1. The van der Waals surface area contributed by atoms with Crippen LogP contribution in [-0.4, -0.2) is 223 Å². The summed E-state index contributed by atoms with van der Waals surface area (Å²) in [5.41, 5.74) is 16.1. The molecule has 90 heavy (non-hydrogen) atoms. The van der Waals surface area contributed by atoms with E-state index in [-0.39, 0.29) is 62.1 Å². The lowest BCUT2D eigenvalue weighted by molar-refractivity contribution is -0.147. The zero-order valence-corrected chi connectivity index (χ0v) is 50.5. The summed E-state index contributed by atoms with van der Waals surface area (Å²) in [4.78, 5) is 103. The first-order valence-corrected chi connectivity index (χ1v) is 30.1. The third-order valence-corrected chi connectivity index (χ3v) is 16.8. The van der Waals surface area contributed by atoms with Gasteiger partial charge in [-0.1, -0.05) is 85.0 Å². The highest BCUT2D eigenvalue weighted by Crippen LogP contribution is 2.33. The van der Waals surface area contributed by atoms with Crippen molar-refractivity contribution in [1.82, 2.24) is 46.6 Å². The van der Waals surface area contributed by atoms with Crippen LogP contribution in [0.1, 0.15) is 54.6 Å². The average molecular weight is 1270 g/mol. The lowest BCUT2D eigenvalue weighted by atomic mass is 9.98. The molecule has 0 radical (unpaired) electrons. The van der Waals surface area contributed by atoms with Crippen molar-refractivity contribution in [3.05, 3.63) is 108 Å². The maximum absolute atomic E-state index is 14.7. The smallest absolute Gasteiger partial charge is 0.251 e. The number of hydrogen-bond acceptors (Lipinski definition) is 22. The summed E-state index contributed by atoms with van der Waals surface area (Å²) in [6.45, 7) is 1.65. The third kappa shape index (κ3) is 16.7. The Kier molecular flexibility index (Phi) is 23.5. The number of phenols is 1. The predicted octanol–water partition coefficient (Wildman–Crippen LogP) is -2.00. The van der Waals surface area contributed by atoms with E-state index >= 15 is 0 Å². The molecule has 1 unspecified atom stereocenters. The maximum Gasteiger partial charge on any atom is 0.251 e. The number of methoxy groups -OCH3 is 1. The number of carbonyl (C=O) groups is 7. The molecule has 4 aromatic carbocycles. The number of rotatable bonds is 19. The van der Waals surface area contributed by atoms with Gasteiger partial charge in [0, 0.05) is 75.2 Å². The number of phenolic OH excluding ortho intramolecular Hbond substituents is 1. The molecule has 0 bridgehead atoms. The van der Waals surface area contributed by atoms with E-state index < -0.39 is 152 Å². The van der Waals surface area contributed by atoms with Gasteiger partial charge in [0.05, 0.1) is 43.2 Å². The molecule has 16 N–H and O–H groups in total. The summed E-state index contributed by atoms with van der Waals surface area (Å²) in [5.74, 6) is -8.70. The Bertz CT molecular complexity index is 3310. The number of carbonyl (C=O) groups excluding carboxylic acids is 7. The lowest BCUT2D eigenvalue weighted by Crippen LogP contribution is -2.64. The molecule has 3 aliphatic rings. The van der Waals surface area contributed by atoms with Crippen molar-refractivity contribution in [2.24, 2.45) is 17.4 Å². The van der Waals surface area contributed by atoms with Crippen molar-refractivity contribution in [3.63, 3.8) is 0 Å². The van der Waals surface area contributed by atoms with Crippen molar-refractivity contribution in [1.29, 1.82) is 0 Å². The normalized spacial score (nSPS) is 25.0. The van der Waals surface area contributed by atoms with Gasteiger partial charge in [0.1, 0.15) is 59.7 Å². The van der Waals surface area contributed by atoms with E-state index in [1.807, 2.05) is 48.5 Å². The zero-order chi connectivity index (χ0) is 64.9. The number of aromatic nitrogens is 2. The Hall–Kier alpha value is -8.07. The van der Waals surface area contributed by atoms with Crippen molar-refractivity contribution in [3.8, 4) is 43.8 Å². The van der Waals surface area contributed by atoms with Crippen LogP contribution >= 0.6 is 11.3 Å². The fourth-order valence-corrected chi connectivity index (χ4v) is 11.7. The van der Waals surface area contributed by atoms with Gasteiger partial charge in [-0.25, -0.2) is 0 Å². The summed E-state index contributed by atoms with van der Waals surface area (Å²) in [6, 6.07) is 14.9. The minimum atomic E-state index is -2.05. The molecule has 1 aromatic heterocycles. The average Bonchev–Trinajstić information content (AvgIpc) is 1.88. The van der Waals surface area contributed by atoms with Crippen molar-refractivity contribution in [2.75, 3.05) is 53.2 Å². The Morgan fingerprint density at radius 2 is 1.31 bits per heavy atom. The molecular formula is C61H77N11O17S. The standard InChI is InChI=1S/C61H77N11O17S/c1-31-27-72-51(52(31)79)57(84)64-26-40(74)24-42(65-53(80)37-11-15-39(16-12-37)59-70-69-58(90-59)38-13-9-36(10-14-38)35-7-4-33(5-8-35)29-88-30-87-3)54(81)66-48(32(2)73)60(85)71-28-41(75)25-43(71)55(82)67-49(56(83)68-50(61(72)86)45(77)18-19-62)46(78)22-34-6-17-44(76)47(23-34)89-21-20-63/h4-17,23,31-32,40-43,45-46,48-52,73-79H,18-22,24-30,62-63H2,1-3H3,(H,64,84)(H,65,80)(H,66,81)(H,67,82)(H,68,83)/t31-,32+,40+,41+,42?,43-,45+,46+,48-,49-,50-,51-,52-/m0/s1. The van der Waals surface area contributed by atoms with Gasteiger partial charge in [0.15, 0.2) is 11.5 Å². The van der Waals surface area contributed by atoms with Crippen LogP contribution in [0.2, 0.25) is 0 Å². The molecule has 28 nitrogen and oxygen atoms in total. The number of hydrogen-bond donors (Lipinski definition) is 14. The molecule has 3 fully saturated rings. The third-order valence-electron chi connectivity index (χ3n) is 15.8. The van der Waals surface area contributed by atoms with Gasteiger partial charge in [0.25, 0.3) is 5.91 Å². The van der Waals surface area contributed by atoms with Crippen LogP contribution in [-0.2, 0) is 51.3 Å². The number of benzene rings is 4. The van der Waals surface area contributed by atoms with Crippen molar-refractivity contribution in [2.45, 2.75) is 119 Å². The monoisotopic (exact) mass is 1270 g/mol. The second-order valence-corrected chi connectivity index (χ2v) is 23.5. The van der Waals surface area contributed by atoms with Crippen LogP contribution < -0.4 is 42.8 Å². The number of fused-ring (bicyclic) bond motifs is 2. The molecule has 29 heteroatoms. The van der Waals surface area contributed by atoms with Crippen molar-refractivity contribution >= 4 is 52.7 Å². The molecular weight excluding hydrogens is 1190 g/mol. The van der Waals surface area contributed by atoms with E-state index in [9.17, 15) is 69.3 Å². The largest absolute Gasteiger partial charge is 0.504 e. The molecule has 484 valence electrons. The minimum Gasteiger partial charge on any atom is -0.504 e. The lowest BCUT2D eigenvalue weighted by Gasteiger charge is -2.34. The molecule has 4 heterocycles. The topological polar surface area (TPSA) is 433 Å². The second-order valence-electron chi connectivity index (χ2n) is 22.5. The Balaban J connectivity index is 1.06. The number of nitrogens with one attached hydrogen (secondary N) is 5. The predicted molar refractivity (Wildman–Crippen MR) is 324 cm³/mol. The maximum atomic E-state index is 14.7. The first-order valence-electron chi connectivity index (χ1n) is 29.3. The van der Waals surface area contributed by atoms with Crippen LogP contribution in [0.3, 0.4) is 0 Å². The highest BCUT2D eigenvalue weighted by Gasteiger charge is 2.50. The molecule has 3 aliphatic heterocycles. The first kappa shape index (κ1) is 67.9. The summed E-state index contributed by atoms with van der Waals surface area (Å²) in [7, 11) is 1.56. The Labute approximate surface area is 521 Å². The molecule has 8 rings (SSSR count). The molecule has 0 aliphatic carbocycles.